The molecule has 0 saturated heterocycles. The van der Waals surface area contributed by atoms with E-state index in [2.05, 4.69) is 10.1 Å². The first-order valence-electron chi connectivity index (χ1n) is 4.21. The molecule has 0 aromatic carbocycles. The molecular formula is C9H9F3N2O2. The van der Waals surface area contributed by atoms with Gasteiger partial charge in [0.15, 0.2) is 0 Å². The van der Waals surface area contributed by atoms with Crippen LogP contribution in [0.4, 0.5) is 13.2 Å². The maximum Gasteiger partial charge on any atom is 0.433 e. The molecule has 0 amide bonds. The molecule has 0 radical (unpaired) electrons. The van der Waals surface area contributed by atoms with Gasteiger partial charge in [0, 0.05) is 0 Å². The zero-order valence-electron chi connectivity index (χ0n) is 8.54. The lowest BCUT2D eigenvalue weighted by atomic mass is 10.2. The van der Waals surface area contributed by atoms with Gasteiger partial charge in [0.2, 0.25) is 0 Å². The summed E-state index contributed by atoms with van der Waals surface area (Å²) in [5.41, 5.74) is -1.26. The fourth-order valence-corrected chi connectivity index (χ4v) is 1.08. The van der Waals surface area contributed by atoms with Crippen molar-refractivity contribution in [3.8, 4) is 5.75 Å². The number of ether oxygens (including phenoxy) is 1. The Hall–Kier alpha value is -1.79. The summed E-state index contributed by atoms with van der Waals surface area (Å²) in [5.74, 6) is 0.114. The van der Waals surface area contributed by atoms with Crippen LogP contribution in [0.5, 0.6) is 5.75 Å². The Kier molecular flexibility index (Phi) is 3.36. The highest BCUT2D eigenvalue weighted by molar-refractivity contribution is 5.98. The van der Waals surface area contributed by atoms with E-state index in [1.807, 2.05) is 0 Å². The molecule has 1 aromatic rings. The number of oxime groups is 1. The van der Waals surface area contributed by atoms with Crippen molar-refractivity contribution in [3.05, 3.63) is 23.5 Å². The van der Waals surface area contributed by atoms with Crippen molar-refractivity contribution in [2.45, 2.75) is 13.1 Å². The van der Waals surface area contributed by atoms with Gasteiger partial charge < -0.3 is 9.94 Å². The Morgan fingerprint density at radius 3 is 2.50 bits per heavy atom. The standard InChI is InChI=1S/C9H9F3N2O2/c1-5(14-15)8-6(16-2)3-4-7(13-8)9(10,11)12/h3-4,15H,1-2H3/b14-5+. The van der Waals surface area contributed by atoms with Crippen LogP contribution in [0.15, 0.2) is 17.3 Å². The fourth-order valence-electron chi connectivity index (χ4n) is 1.08. The van der Waals surface area contributed by atoms with E-state index >= 15 is 0 Å². The van der Waals surface area contributed by atoms with Gasteiger partial charge in [-0.15, -0.1) is 0 Å². The highest BCUT2D eigenvalue weighted by Crippen LogP contribution is 2.30. The largest absolute Gasteiger partial charge is 0.494 e. The van der Waals surface area contributed by atoms with Gasteiger partial charge in [-0.1, -0.05) is 5.16 Å². The number of nitrogens with zero attached hydrogens (tertiary/aromatic N) is 2. The molecule has 4 nitrogen and oxygen atoms in total. The normalized spacial score (nSPS) is 12.7. The molecule has 0 fully saturated rings. The lowest BCUT2D eigenvalue weighted by Crippen LogP contribution is -2.12. The van der Waals surface area contributed by atoms with Crippen molar-refractivity contribution in [1.82, 2.24) is 4.98 Å². The second-order valence-corrected chi connectivity index (χ2v) is 2.93. The predicted octanol–water partition coefficient (Wildman–Crippen LogP) is 2.31. The van der Waals surface area contributed by atoms with Crippen molar-refractivity contribution in [2.24, 2.45) is 5.16 Å². The third-order valence-corrected chi connectivity index (χ3v) is 1.86. The minimum absolute atomic E-state index is 0.0528. The van der Waals surface area contributed by atoms with Crippen LogP contribution in [0.3, 0.4) is 0 Å². The van der Waals surface area contributed by atoms with Crippen molar-refractivity contribution in [3.63, 3.8) is 0 Å². The van der Waals surface area contributed by atoms with Crippen LogP contribution in [0, 0.1) is 0 Å². The molecule has 16 heavy (non-hydrogen) atoms. The monoisotopic (exact) mass is 234 g/mol. The molecule has 0 aliphatic heterocycles. The molecule has 7 heteroatoms. The quantitative estimate of drug-likeness (QED) is 0.485. The number of alkyl halides is 3. The maximum absolute atomic E-state index is 12.4. The topological polar surface area (TPSA) is 54.7 Å². The zero-order chi connectivity index (χ0) is 12.3. The Morgan fingerprint density at radius 2 is 2.06 bits per heavy atom. The van der Waals surface area contributed by atoms with Crippen molar-refractivity contribution in [1.29, 1.82) is 0 Å². The average molecular weight is 234 g/mol. The van der Waals surface area contributed by atoms with E-state index in [9.17, 15) is 13.2 Å². The Morgan fingerprint density at radius 1 is 1.44 bits per heavy atom. The van der Waals surface area contributed by atoms with Crippen LogP contribution in [0.2, 0.25) is 0 Å². The summed E-state index contributed by atoms with van der Waals surface area (Å²) >= 11 is 0. The molecule has 0 saturated carbocycles. The average Bonchev–Trinajstić information content (AvgIpc) is 2.25. The Balaban J connectivity index is 3.33. The molecular weight excluding hydrogens is 225 g/mol. The van der Waals surface area contributed by atoms with Gasteiger partial charge in [-0.25, -0.2) is 4.98 Å². The van der Waals surface area contributed by atoms with Crippen LogP contribution < -0.4 is 4.74 Å². The first kappa shape index (κ1) is 12.3. The van der Waals surface area contributed by atoms with E-state index in [-0.39, 0.29) is 17.2 Å². The molecule has 0 bridgehead atoms. The molecule has 0 aliphatic carbocycles. The second-order valence-electron chi connectivity index (χ2n) is 2.93. The number of aromatic nitrogens is 1. The summed E-state index contributed by atoms with van der Waals surface area (Å²) in [5, 5.41) is 11.3. The SMILES string of the molecule is COc1ccc(C(F)(F)F)nc1/C(C)=N/O. The lowest BCUT2D eigenvalue weighted by molar-refractivity contribution is -0.141. The van der Waals surface area contributed by atoms with Crippen molar-refractivity contribution in [2.75, 3.05) is 7.11 Å². The summed E-state index contributed by atoms with van der Waals surface area (Å²) in [6.45, 7) is 1.32. The lowest BCUT2D eigenvalue weighted by Gasteiger charge is -2.10. The van der Waals surface area contributed by atoms with Crippen LogP contribution >= 0.6 is 0 Å². The molecule has 0 atom stereocenters. The third kappa shape index (κ3) is 2.41. The molecule has 88 valence electrons. The highest BCUT2D eigenvalue weighted by atomic mass is 19.4. The molecule has 0 unspecified atom stereocenters. The van der Waals surface area contributed by atoms with E-state index in [1.165, 1.54) is 14.0 Å². The van der Waals surface area contributed by atoms with Crippen LogP contribution in [0.1, 0.15) is 18.3 Å². The molecule has 0 spiro atoms. The summed E-state index contributed by atoms with van der Waals surface area (Å²) in [6.07, 6.45) is -4.54. The van der Waals surface area contributed by atoms with Crippen LogP contribution in [-0.2, 0) is 6.18 Å². The Labute approximate surface area is 89.4 Å². The summed E-state index contributed by atoms with van der Waals surface area (Å²) in [4.78, 5) is 3.34. The molecule has 0 aliphatic rings. The molecule has 1 rings (SSSR count). The number of methoxy groups -OCH3 is 1. The number of halogens is 3. The van der Waals surface area contributed by atoms with Gasteiger partial charge in [0.05, 0.1) is 7.11 Å². The molecule has 1 N–H and O–H groups in total. The van der Waals surface area contributed by atoms with E-state index in [4.69, 9.17) is 9.94 Å². The minimum atomic E-state index is -4.54. The number of pyridine rings is 1. The van der Waals surface area contributed by atoms with Crippen molar-refractivity contribution >= 4 is 5.71 Å². The minimum Gasteiger partial charge on any atom is -0.494 e. The summed E-state index contributed by atoms with van der Waals surface area (Å²) in [7, 11) is 1.29. The van der Waals surface area contributed by atoms with Gasteiger partial charge in [0.25, 0.3) is 0 Å². The summed E-state index contributed by atoms with van der Waals surface area (Å²) < 4.78 is 41.9. The van der Waals surface area contributed by atoms with Gasteiger partial charge in [-0.05, 0) is 19.1 Å². The fraction of sp³-hybridized carbons (Fsp3) is 0.333. The van der Waals surface area contributed by atoms with Gasteiger partial charge in [0.1, 0.15) is 22.8 Å². The molecule has 1 heterocycles. The highest BCUT2D eigenvalue weighted by Gasteiger charge is 2.33. The number of hydrogen-bond acceptors (Lipinski definition) is 4. The van der Waals surface area contributed by atoms with Gasteiger partial charge >= 0.3 is 6.18 Å². The van der Waals surface area contributed by atoms with Gasteiger partial charge in [-0.3, -0.25) is 0 Å². The van der Waals surface area contributed by atoms with Crippen molar-refractivity contribution < 1.29 is 23.1 Å². The van der Waals surface area contributed by atoms with E-state index in [0.717, 1.165) is 12.1 Å². The van der Waals surface area contributed by atoms with E-state index in [1.54, 1.807) is 0 Å². The van der Waals surface area contributed by atoms with Gasteiger partial charge in [-0.2, -0.15) is 13.2 Å². The molecule has 1 aromatic heterocycles. The number of hydrogen-bond donors (Lipinski definition) is 1. The van der Waals surface area contributed by atoms with Crippen LogP contribution in [-0.4, -0.2) is 23.0 Å². The van der Waals surface area contributed by atoms with Crippen LogP contribution in [0.25, 0.3) is 0 Å². The van der Waals surface area contributed by atoms with E-state index < -0.39 is 11.9 Å². The second kappa shape index (κ2) is 4.38. The van der Waals surface area contributed by atoms with E-state index in [0.29, 0.717) is 0 Å². The Bertz CT molecular complexity index is 416. The predicted molar refractivity (Wildman–Crippen MR) is 49.8 cm³/mol. The summed E-state index contributed by atoms with van der Waals surface area (Å²) in [6, 6.07) is 1.92. The zero-order valence-corrected chi connectivity index (χ0v) is 8.54. The maximum atomic E-state index is 12.4. The first-order valence-corrected chi connectivity index (χ1v) is 4.21. The third-order valence-electron chi connectivity index (χ3n) is 1.86. The number of rotatable bonds is 2. The smallest absolute Gasteiger partial charge is 0.433 e. The first-order chi connectivity index (χ1) is 7.40.